The Morgan fingerprint density at radius 3 is 2.38 bits per heavy atom. The van der Waals surface area contributed by atoms with Crippen molar-refractivity contribution in [2.24, 2.45) is 5.14 Å². The highest BCUT2D eigenvalue weighted by Crippen LogP contribution is 2.29. The van der Waals surface area contributed by atoms with Gasteiger partial charge in [0.2, 0.25) is 0 Å². The third-order valence-corrected chi connectivity index (χ3v) is 3.69. The summed E-state index contributed by atoms with van der Waals surface area (Å²) in [5.74, 6) is -0.368. The maximum atomic E-state index is 14.1. The third-order valence-electron chi connectivity index (χ3n) is 2.92. The van der Waals surface area contributed by atoms with Crippen LogP contribution >= 0.6 is 0 Å². The second-order valence-corrected chi connectivity index (χ2v) is 7.30. The standard InChI is InChI=1S/C13H17FN4O2S/c1-8-5-6-10(14)9(7-8)11-16-17-12(21(15,19)20)18(11)13(2,3)4/h5-7H,1-4H3,(H2,15,19,20). The van der Waals surface area contributed by atoms with Gasteiger partial charge in [-0.2, -0.15) is 0 Å². The summed E-state index contributed by atoms with van der Waals surface area (Å²) in [5.41, 5.74) is 0.330. The maximum absolute atomic E-state index is 14.1. The van der Waals surface area contributed by atoms with Gasteiger partial charge < -0.3 is 0 Å². The fourth-order valence-corrected chi connectivity index (χ4v) is 2.81. The molecule has 0 fully saturated rings. The molecular formula is C13H17FN4O2S. The molecule has 0 spiro atoms. The van der Waals surface area contributed by atoms with Crippen molar-refractivity contribution in [3.8, 4) is 11.4 Å². The number of nitrogens with zero attached hydrogens (tertiary/aromatic N) is 3. The molecule has 2 aromatic rings. The van der Waals surface area contributed by atoms with Gasteiger partial charge in [-0.3, -0.25) is 4.57 Å². The molecule has 21 heavy (non-hydrogen) atoms. The van der Waals surface area contributed by atoms with Gasteiger partial charge in [0.25, 0.3) is 15.2 Å². The molecule has 0 amide bonds. The van der Waals surface area contributed by atoms with Crippen molar-refractivity contribution in [3.05, 3.63) is 29.6 Å². The van der Waals surface area contributed by atoms with E-state index in [0.717, 1.165) is 5.56 Å². The molecule has 1 heterocycles. The van der Waals surface area contributed by atoms with Gasteiger partial charge in [-0.05, 0) is 39.8 Å². The number of nitrogens with two attached hydrogens (primary N) is 1. The monoisotopic (exact) mass is 312 g/mol. The van der Waals surface area contributed by atoms with Crippen LogP contribution in [0, 0.1) is 12.7 Å². The van der Waals surface area contributed by atoms with Crippen LogP contribution in [-0.4, -0.2) is 23.2 Å². The van der Waals surface area contributed by atoms with Gasteiger partial charge in [0, 0.05) is 5.54 Å². The van der Waals surface area contributed by atoms with Gasteiger partial charge in [-0.25, -0.2) is 17.9 Å². The number of sulfonamides is 1. The maximum Gasteiger partial charge on any atom is 0.273 e. The second-order valence-electron chi connectivity index (χ2n) is 5.84. The van der Waals surface area contributed by atoms with Gasteiger partial charge in [0.1, 0.15) is 5.82 Å². The zero-order valence-electron chi connectivity index (χ0n) is 12.3. The predicted octanol–water partition coefficient (Wildman–Crippen LogP) is 1.80. The van der Waals surface area contributed by atoms with Crippen LogP contribution in [0.15, 0.2) is 23.4 Å². The van der Waals surface area contributed by atoms with Crippen molar-refractivity contribution in [1.29, 1.82) is 0 Å². The minimum Gasteiger partial charge on any atom is -0.291 e. The molecule has 8 heteroatoms. The molecule has 114 valence electrons. The highest BCUT2D eigenvalue weighted by molar-refractivity contribution is 7.89. The first-order valence-electron chi connectivity index (χ1n) is 6.27. The summed E-state index contributed by atoms with van der Waals surface area (Å²) in [4.78, 5) is 0. The fraction of sp³-hybridized carbons (Fsp3) is 0.385. The number of benzene rings is 1. The molecule has 0 radical (unpaired) electrons. The Kier molecular flexibility index (Phi) is 3.63. The second kappa shape index (κ2) is 4.88. The minimum atomic E-state index is -4.06. The van der Waals surface area contributed by atoms with E-state index in [-0.39, 0.29) is 16.5 Å². The van der Waals surface area contributed by atoms with E-state index in [0.29, 0.717) is 0 Å². The van der Waals surface area contributed by atoms with Crippen LogP contribution in [0.2, 0.25) is 0 Å². The zero-order chi connectivity index (χ0) is 16.0. The fourth-order valence-electron chi connectivity index (χ4n) is 2.04. The first kappa shape index (κ1) is 15.6. The molecule has 2 rings (SSSR count). The molecule has 0 aliphatic carbocycles. The summed E-state index contributed by atoms with van der Waals surface area (Å²) in [6.45, 7) is 7.11. The van der Waals surface area contributed by atoms with Crippen molar-refractivity contribution in [1.82, 2.24) is 14.8 Å². The lowest BCUT2D eigenvalue weighted by Crippen LogP contribution is -2.29. The molecular weight excluding hydrogens is 295 g/mol. The van der Waals surface area contributed by atoms with Crippen LogP contribution in [0.3, 0.4) is 0 Å². The zero-order valence-corrected chi connectivity index (χ0v) is 13.1. The average Bonchev–Trinajstić information content (AvgIpc) is 2.76. The number of aromatic nitrogens is 3. The van der Waals surface area contributed by atoms with Gasteiger partial charge in [-0.15, -0.1) is 10.2 Å². The summed E-state index contributed by atoms with van der Waals surface area (Å²) in [6, 6.07) is 4.52. The molecule has 0 saturated heterocycles. The van der Waals surface area contributed by atoms with E-state index in [1.54, 1.807) is 39.8 Å². The lowest BCUT2D eigenvalue weighted by Gasteiger charge is -2.24. The van der Waals surface area contributed by atoms with Crippen LogP contribution in [0.1, 0.15) is 26.3 Å². The topological polar surface area (TPSA) is 90.9 Å². The Balaban J connectivity index is 2.83. The molecule has 0 unspecified atom stereocenters. The van der Waals surface area contributed by atoms with Gasteiger partial charge in [-0.1, -0.05) is 11.6 Å². The van der Waals surface area contributed by atoms with E-state index in [1.807, 2.05) is 0 Å². The van der Waals surface area contributed by atoms with Crippen molar-refractivity contribution in [2.45, 2.75) is 38.4 Å². The lowest BCUT2D eigenvalue weighted by molar-refractivity contribution is 0.365. The molecule has 0 aliphatic rings. The number of halogens is 1. The highest BCUT2D eigenvalue weighted by Gasteiger charge is 2.30. The van der Waals surface area contributed by atoms with Gasteiger partial charge in [0.15, 0.2) is 5.82 Å². The molecule has 1 aromatic carbocycles. The Labute approximate surface area is 122 Å². The average molecular weight is 312 g/mol. The molecule has 0 atom stereocenters. The van der Waals surface area contributed by atoms with E-state index < -0.39 is 21.4 Å². The Hall–Kier alpha value is -1.80. The summed E-state index contributed by atoms with van der Waals surface area (Å²) < 4.78 is 38.7. The third kappa shape index (κ3) is 2.96. The molecule has 6 nitrogen and oxygen atoms in total. The molecule has 0 bridgehead atoms. The first-order valence-corrected chi connectivity index (χ1v) is 7.81. The Morgan fingerprint density at radius 1 is 1.24 bits per heavy atom. The number of aryl methyl sites for hydroxylation is 1. The molecule has 0 aliphatic heterocycles. The quantitative estimate of drug-likeness (QED) is 0.915. The Bertz CT molecular complexity index is 791. The van der Waals surface area contributed by atoms with Crippen LogP contribution in [-0.2, 0) is 15.6 Å². The smallest absolute Gasteiger partial charge is 0.273 e. The number of primary sulfonamides is 1. The van der Waals surface area contributed by atoms with Crippen molar-refractivity contribution < 1.29 is 12.8 Å². The minimum absolute atomic E-state index is 0.132. The first-order chi connectivity index (χ1) is 9.51. The van der Waals surface area contributed by atoms with E-state index in [9.17, 15) is 12.8 Å². The van der Waals surface area contributed by atoms with Crippen molar-refractivity contribution in [2.75, 3.05) is 0 Å². The summed E-state index contributed by atoms with van der Waals surface area (Å²) in [5, 5.41) is 12.3. The normalized spacial score (nSPS) is 12.7. The number of hydrogen-bond acceptors (Lipinski definition) is 4. The van der Waals surface area contributed by atoms with Crippen LogP contribution < -0.4 is 5.14 Å². The van der Waals surface area contributed by atoms with Gasteiger partial charge >= 0.3 is 0 Å². The molecule has 0 saturated carbocycles. The SMILES string of the molecule is Cc1ccc(F)c(-c2nnc(S(N)(=O)=O)n2C(C)(C)C)c1. The van der Waals surface area contributed by atoms with E-state index in [1.165, 1.54) is 10.6 Å². The highest BCUT2D eigenvalue weighted by atomic mass is 32.2. The molecule has 1 aromatic heterocycles. The molecule has 2 N–H and O–H groups in total. The van der Waals surface area contributed by atoms with Gasteiger partial charge in [0.05, 0.1) is 5.56 Å². The van der Waals surface area contributed by atoms with E-state index >= 15 is 0 Å². The van der Waals surface area contributed by atoms with Crippen molar-refractivity contribution in [3.63, 3.8) is 0 Å². The lowest BCUT2D eigenvalue weighted by atomic mass is 10.1. The summed E-state index contributed by atoms with van der Waals surface area (Å²) in [6.07, 6.45) is 0. The summed E-state index contributed by atoms with van der Waals surface area (Å²) in [7, 11) is -4.06. The van der Waals surface area contributed by atoms with E-state index in [4.69, 9.17) is 5.14 Å². The van der Waals surface area contributed by atoms with Crippen LogP contribution in [0.5, 0.6) is 0 Å². The Morgan fingerprint density at radius 2 is 1.86 bits per heavy atom. The largest absolute Gasteiger partial charge is 0.291 e. The number of rotatable bonds is 2. The number of hydrogen-bond donors (Lipinski definition) is 1. The summed E-state index contributed by atoms with van der Waals surface area (Å²) >= 11 is 0. The van der Waals surface area contributed by atoms with Crippen LogP contribution in [0.4, 0.5) is 4.39 Å². The van der Waals surface area contributed by atoms with E-state index in [2.05, 4.69) is 10.2 Å². The van der Waals surface area contributed by atoms with Crippen molar-refractivity contribution >= 4 is 10.0 Å². The van der Waals surface area contributed by atoms with Crippen LogP contribution in [0.25, 0.3) is 11.4 Å². The predicted molar refractivity (Wildman–Crippen MR) is 76.5 cm³/mol.